The molecule has 0 bridgehead atoms. The Morgan fingerprint density at radius 1 is 1.73 bits per heavy atom. The number of thiazole rings is 1. The number of hydrogen-bond acceptors (Lipinski definition) is 4. The zero-order valence-electron chi connectivity index (χ0n) is 6.63. The molecule has 0 saturated heterocycles. The normalized spacial score (nSPS) is 10.4. The number of nitrogens with zero attached hydrogens (tertiary/aromatic N) is 1. The Labute approximate surface area is 70.6 Å². The van der Waals surface area contributed by atoms with Crippen molar-refractivity contribution in [3.05, 3.63) is 16.1 Å². The molecule has 0 amide bonds. The molecule has 1 heterocycles. The van der Waals surface area contributed by atoms with E-state index < -0.39 is 0 Å². The van der Waals surface area contributed by atoms with E-state index in [9.17, 15) is 0 Å². The minimum Gasteiger partial charge on any atom is -0.325 e. The summed E-state index contributed by atoms with van der Waals surface area (Å²) in [5.41, 5.74) is 6.42. The van der Waals surface area contributed by atoms with Gasteiger partial charge >= 0.3 is 0 Å². The van der Waals surface area contributed by atoms with Crippen LogP contribution >= 0.6 is 11.3 Å². The number of nitrogens with two attached hydrogens (primary N) is 1. The van der Waals surface area contributed by atoms with E-state index in [1.807, 2.05) is 12.4 Å². The third-order valence-corrected chi connectivity index (χ3v) is 2.35. The molecule has 0 unspecified atom stereocenters. The van der Waals surface area contributed by atoms with Crippen LogP contribution in [0.15, 0.2) is 5.38 Å². The first-order valence-corrected chi connectivity index (χ1v) is 4.52. The van der Waals surface area contributed by atoms with E-state index in [0.717, 1.165) is 18.7 Å². The summed E-state index contributed by atoms with van der Waals surface area (Å²) >= 11 is 1.68. The van der Waals surface area contributed by atoms with Gasteiger partial charge in [0, 0.05) is 24.9 Å². The lowest BCUT2D eigenvalue weighted by molar-refractivity contribution is 0.783. The first-order valence-electron chi connectivity index (χ1n) is 3.64. The summed E-state index contributed by atoms with van der Waals surface area (Å²) in [5.74, 6) is 0. The first kappa shape index (κ1) is 8.64. The van der Waals surface area contributed by atoms with Crippen LogP contribution in [0.1, 0.15) is 10.7 Å². The lowest BCUT2D eigenvalue weighted by Crippen LogP contribution is -2.10. The van der Waals surface area contributed by atoms with Gasteiger partial charge in [-0.2, -0.15) is 0 Å². The zero-order chi connectivity index (χ0) is 8.10. The number of rotatable bonds is 4. The van der Waals surface area contributed by atoms with Gasteiger partial charge in [0.2, 0.25) is 0 Å². The second-order valence-corrected chi connectivity index (χ2v) is 3.23. The smallest absolute Gasteiger partial charge is 0.0941 e. The van der Waals surface area contributed by atoms with E-state index in [4.69, 9.17) is 5.73 Å². The second kappa shape index (κ2) is 4.43. The Hall–Kier alpha value is -0.450. The van der Waals surface area contributed by atoms with Crippen molar-refractivity contribution in [2.45, 2.75) is 13.0 Å². The van der Waals surface area contributed by atoms with Gasteiger partial charge in [-0.05, 0) is 7.05 Å². The molecule has 3 nitrogen and oxygen atoms in total. The fraction of sp³-hybridized carbons (Fsp3) is 0.571. The highest BCUT2D eigenvalue weighted by atomic mass is 32.1. The molecule has 0 aliphatic carbocycles. The van der Waals surface area contributed by atoms with Crippen molar-refractivity contribution in [3.8, 4) is 0 Å². The molecule has 0 aliphatic heterocycles. The van der Waals surface area contributed by atoms with E-state index >= 15 is 0 Å². The number of hydrogen-bond donors (Lipinski definition) is 2. The van der Waals surface area contributed by atoms with Gasteiger partial charge in [0.25, 0.3) is 0 Å². The fourth-order valence-corrected chi connectivity index (χ4v) is 1.60. The maximum absolute atomic E-state index is 5.42. The minimum atomic E-state index is 0.552. The summed E-state index contributed by atoms with van der Waals surface area (Å²) in [5, 5.41) is 6.26. The summed E-state index contributed by atoms with van der Waals surface area (Å²) in [6.07, 6.45) is 1.00. The number of likely N-dealkylation sites (N-methyl/N-ethyl adjacent to an activating group) is 1. The molecule has 3 N–H and O–H groups in total. The van der Waals surface area contributed by atoms with Gasteiger partial charge in [-0.3, -0.25) is 0 Å². The lowest BCUT2D eigenvalue weighted by atomic mass is 10.4. The van der Waals surface area contributed by atoms with Gasteiger partial charge < -0.3 is 11.1 Å². The molecule has 11 heavy (non-hydrogen) atoms. The molecular formula is C7H13N3S. The molecule has 0 atom stereocenters. The van der Waals surface area contributed by atoms with E-state index in [1.54, 1.807) is 11.3 Å². The summed E-state index contributed by atoms with van der Waals surface area (Å²) in [4.78, 5) is 4.32. The molecule has 1 aromatic heterocycles. The van der Waals surface area contributed by atoms with Crippen LogP contribution in [-0.4, -0.2) is 18.6 Å². The average Bonchev–Trinajstić information content (AvgIpc) is 2.48. The van der Waals surface area contributed by atoms with Crippen LogP contribution in [0.4, 0.5) is 0 Å². The molecule has 0 radical (unpaired) electrons. The van der Waals surface area contributed by atoms with Crippen LogP contribution in [-0.2, 0) is 13.0 Å². The Bertz CT molecular complexity index is 209. The molecule has 0 saturated carbocycles. The molecule has 0 spiro atoms. The third kappa shape index (κ3) is 2.57. The second-order valence-electron chi connectivity index (χ2n) is 2.29. The molecule has 1 aromatic rings. The van der Waals surface area contributed by atoms with E-state index in [1.165, 1.54) is 5.01 Å². The SMILES string of the molecule is CNCCc1nc(CN)cs1. The van der Waals surface area contributed by atoms with Gasteiger partial charge in [0.1, 0.15) is 0 Å². The number of aromatic nitrogens is 1. The van der Waals surface area contributed by atoms with Gasteiger partial charge in [-0.1, -0.05) is 0 Å². The van der Waals surface area contributed by atoms with Crippen LogP contribution in [0.5, 0.6) is 0 Å². The van der Waals surface area contributed by atoms with Crippen molar-refractivity contribution in [2.75, 3.05) is 13.6 Å². The molecule has 0 fully saturated rings. The molecule has 0 aromatic carbocycles. The average molecular weight is 171 g/mol. The Morgan fingerprint density at radius 3 is 3.09 bits per heavy atom. The maximum atomic E-state index is 5.42. The lowest BCUT2D eigenvalue weighted by Gasteiger charge is -1.92. The standard InChI is InChI=1S/C7H13N3S/c1-9-3-2-7-10-6(4-8)5-11-7/h5,9H,2-4,8H2,1H3. The first-order chi connectivity index (χ1) is 5.36. The highest BCUT2D eigenvalue weighted by molar-refractivity contribution is 7.09. The highest BCUT2D eigenvalue weighted by Gasteiger charge is 1.98. The maximum Gasteiger partial charge on any atom is 0.0941 e. The highest BCUT2D eigenvalue weighted by Crippen LogP contribution is 2.08. The Kier molecular flexibility index (Phi) is 3.48. The van der Waals surface area contributed by atoms with Crippen molar-refractivity contribution in [3.63, 3.8) is 0 Å². The van der Waals surface area contributed by atoms with Crippen molar-refractivity contribution in [1.29, 1.82) is 0 Å². The van der Waals surface area contributed by atoms with E-state index in [0.29, 0.717) is 6.54 Å². The molecule has 4 heteroatoms. The molecule has 0 aliphatic rings. The molecule has 62 valence electrons. The Morgan fingerprint density at radius 2 is 2.55 bits per heavy atom. The predicted molar refractivity (Wildman–Crippen MR) is 47.6 cm³/mol. The van der Waals surface area contributed by atoms with Crippen molar-refractivity contribution >= 4 is 11.3 Å². The largest absolute Gasteiger partial charge is 0.325 e. The molecule has 1 rings (SSSR count). The summed E-state index contributed by atoms with van der Waals surface area (Å²) in [6, 6.07) is 0. The number of nitrogens with one attached hydrogen (secondary N) is 1. The van der Waals surface area contributed by atoms with Crippen molar-refractivity contribution in [1.82, 2.24) is 10.3 Å². The fourth-order valence-electron chi connectivity index (χ4n) is 0.789. The van der Waals surface area contributed by atoms with Gasteiger partial charge in [0.15, 0.2) is 0 Å². The van der Waals surface area contributed by atoms with Crippen LogP contribution in [0.25, 0.3) is 0 Å². The van der Waals surface area contributed by atoms with Crippen molar-refractivity contribution < 1.29 is 0 Å². The van der Waals surface area contributed by atoms with Crippen LogP contribution in [0, 0.1) is 0 Å². The van der Waals surface area contributed by atoms with Crippen LogP contribution in [0.2, 0.25) is 0 Å². The zero-order valence-corrected chi connectivity index (χ0v) is 7.45. The van der Waals surface area contributed by atoms with Crippen LogP contribution < -0.4 is 11.1 Å². The monoisotopic (exact) mass is 171 g/mol. The van der Waals surface area contributed by atoms with Crippen molar-refractivity contribution in [2.24, 2.45) is 5.73 Å². The topological polar surface area (TPSA) is 50.9 Å². The van der Waals surface area contributed by atoms with Gasteiger partial charge in [-0.15, -0.1) is 11.3 Å². The van der Waals surface area contributed by atoms with E-state index in [-0.39, 0.29) is 0 Å². The van der Waals surface area contributed by atoms with Gasteiger partial charge in [0.05, 0.1) is 10.7 Å². The van der Waals surface area contributed by atoms with E-state index in [2.05, 4.69) is 10.3 Å². The quantitative estimate of drug-likeness (QED) is 0.688. The minimum absolute atomic E-state index is 0.552. The Balaban J connectivity index is 2.44. The summed E-state index contributed by atoms with van der Waals surface area (Å²) < 4.78 is 0. The van der Waals surface area contributed by atoms with Crippen LogP contribution in [0.3, 0.4) is 0 Å². The molecular weight excluding hydrogens is 158 g/mol. The summed E-state index contributed by atoms with van der Waals surface area (Å²) in [6.45, 7) is 1.54. The van der Waals surface area contributed by atoms with Gasteiger partial charge in [-0.25, -0.2) is 4.98 Å². The summed E-state index contributed by atoms with van der Waals surface area (Å²) in [7, 11) is 1.94. The third-order valence-electron chi connectivity index (χ3n) is 1.40. The predicted octanol–water partition coefficient (Wildman–Crippen LogP) is 0.364.